The lowest BCUT2D eigenvalue weighted by atomic mass is 10.0. The van der Waals surface area contributed by atoms with E-state index in [9.17, 15) is 44.7 Å². The number of hydrogen-bond acceptors (Lipinski definition) is 11. The van der Waals surface area contributed by atoms with Crippen LogP contribution in [-0.4, -0.2) is 97.4 Å². The van der Waals surface area contributed by atoms with Crippen LogP contribution in [0, 0.1) is 11.6 Å². The molecule has 3 aromatic heterocycles. The number of alkyl halides is 7. The maximum absolute atomic E-state index is 15.6. The van der Waals surface area contributed by atoms with Crippen molar-refractivity contribution >= 4 is 40.4 Å². The molecule has 0 saturated carbocycles. The van der Waals surface area contributed by atoms with Crippen molar-refractivity contribution in [3.05, 3.63) is 124 Å². The Labute approximate surface area is 359 Å². The lowest BCUT2D eigenvalue weighted by Crippen LogP contribution is -2.45. The number of carbonyl (C=O) groups is 3. The average molecular weight is 925 g/mol. The van der Waals surface area contributed by atoms with E-state index in [1.807, 2.05) is 24.3 Å². The zero-order valence-corrected chi connectivity index (χ0v) is 33.1. The van der Waals surface area contributed by atoms with Gasteiger partial charge in [-0.2, -0.15) is 41.2 Å². The van der Waals surface area contributed by atoms with E-state index < -0.39 is 59.6 Å². The molecule has 25 heteroatoms. The Hall–Kier alpha value is -7.70. The lowest BCUT2D eigenvalue weighted by molar-refractivity contribution is -0.193. The second-order valence-electron chi connectivity index (χ2n) is 13.4. The number of anilines is 2. The van der Waals surface area contributed by atoms with E-state index in [1.54, 1.807) is 17.9 Å². The first-order chi connectivity index (χ1) is 30.7. The van der Waals surface area contributed by atoms with E-state index >= 15 is 4.39 Å². The zero-order valence-electron chi connectivity index (χ0n) is 33.1. The molecule has 6 aromatic rings. The monoisotopic (exact) mass is 924 g/mol. The summed E-state index contributed by atoms with van der Waals surface area (Å²) in [6, 6.07) is 18.6. The average Bonchev–Trinajstić information content (AvgIpc) is 3.60. The van der Waals surface area contributed by atoms with Gasteiger partial charge in [0, 0.05) is 36.8 Å². The highest BCUT2D eigenvalue weighted by Gasteiger charge is 2.39. The van der Waals surface area contributed by atoms with Gasteiger partial charge in [0.05, 0.1) is 25.4 Å². The van der Waals surface area contributed by atoms with E-state index in [4.69, 9.17) is 34.4 Å². The van der Waals surface area contributed by atoms with Crippen molar-refractivity contribution < 1.29 is 73.6 Å². The van der Waals surface area contributed by atoms with Gasteiger partial charge in [-0.1, -0.05) is 12.1 Å². The van der Waals surface area contributed by atoms with Crippen LogP contribution in [0.2, 0.25) is 0 Å². The Morgan fingerprint density at radius 1 is 0.877 bits per heavy atom. The van der Waals surface area contributed by atoms with Crippen LogP contribution < -0.4 is 31.0 Å². The van der Waals surface area contributed by atoms with Crippen LogP contribution in [0.15, 0.2) is 96.1 Å². The van der Waals surface area contributed by atoms with Crippen molar-refractivity contribution in [3.8, 4) is 22.9 Å². The van der Waals surface area contributed by atoms with Crippen LogP contribution in [0.4, 0.5) is 51.0 Å². The van der Waals surface area contributed by atoms with E-state index in [0.29, 0.717) is 42.1 Å². The van der Waals surface area contributed by atoms with E-state index in [0.717, 1.165) is 16.3 Å². The number of hydrogen-bond donors (Lipinski definition) is 5. The number of fused-ring (bicyclic) bond motifs is 1. The molecule has 65 heavy (non-hydrogen) atoms. The third-order valence-corrected chi connectivity index (χ3v) is 8.87. The Balaban J connectivity index is 0.000000492. The quantitative estimate of drug-likeness (QED) is 0.0903. The standard InChI is InChI=1S/C36H31F3N8O4.2C2HF3O2/c1-50-25-9-2-21(3-10-25)20-46-34-32(33(45-46)44-29-13-15-40-19-28(29)39)31(14-16-41-34)51-30-11-6-23(18-27(30)38)43-35(48)26-12-17-42-47(36(26)49)24-7-4-22(37)5-8-24;2*3-2(4,5)1(6)7/h2-12,14,16-18,28-29,40H,13,15,19-20H2,1H3,(H,43,48)(H,44,45);2*(H,6,7)/t28-,29+;;/m1../s1. The molecule has 7 rings (SSSR count). The molecular weight excluding hydrogens is 891 g/mol. The van der Waals surface area contributed by atoms with Gasteiger partial charge >= 0.3 is 24.3 Å². The summed E-state index contributed by atoms with van der Waals surface area (Å²) in [6.45, 7) is 1.16. The summed E-state index contributed by atoms with van der Waals surface area (Å²) < 4.78 is 121. The van der Waals surface area contributed by atoms with Crippen LogP contribution >= 0.6 is 0 Å². The third kappa shape index (κ3) is 12.7. The maximum Gasteiger partial charge on any atom is 0.490 e. The topological polar surface area (TPSA) is 212 Å². The minimum atomic E-state index is -5.08. The van der Waals surface area contributed by atoms with Crippen LogP contribution in [0.25, 0.3) is 16.7 Å². The van der Waals surface area contributed by atoms with E-state index in [1.165, 1.54) is 54.9 Å². The van der Waals surface area contributed by atoms with Gasteiger partial charge in [-0.15, -0.1) is 0 Å². The number of piperidine rings is 1. The van der Waals surface area contributed by atoms with Gasteiger partial charge in [-0.3, -0.25) is 9.59 Å². The minimum Gasteiger partial charge on any atom is -0.497 e. The molecule has 0 unspecified atom stereocenters. The summed E-state index contributed by atoms with van der Waals surface area (Å²) in [4.78, 5) is 48.4. The molecule has 0 aliphatic carbocycles. The number of methoxy groups -OCH3 is 1. The molecule has 0 spiro atoms. The number of carboxylic acid groups (broad SMARTS) is 2. The highest BCUT2D eigenvalue weighted by molar-refractivity contribution is 6.04. The number of nitrogens with zero attached hydrogens (tertiary/aromatic N) is 5. The third-order valence-electron chi connectivity index (χ3n) is 8.87. The molecule has 1 aliphatic heterocycles. The molecular formula is C40H33F9N8O8. The first-order valence-electron chi connectivity index (χ1n) is 18.5. The zero-order chi connectivity index (χ0) is 47.6. The number of rotatable bonds is 10. The van der Waals surface area contributed by atoms with Gasteiger partial charge in [-0.25, -0.2) is 32.4 Å². The van der Waals surface area contributed by atoms with Crippen molar-refractivity contribution in [1.82, 2.24) is 29.9 Å². The highest BCUT2D eigenvalue weighted by Crippen LogP contribution is 2.36. The minimum absolute atomic E-state index is 0.0591. The highest BCUT2D eigenvalue weighted by atomic mass is 19.4. The molecule has 0 bridgehead atoms. The largest absolute Gasteiger partial charge is 0.497 e. The Kier molecular flexibility index (Phi) is 15.4. The molecule has 16 nitrogen and oxygen atoms in total. The smallest absolute Gasteiger partial charge is 0.490 e. The molecule has 4 heterocycles. The normalized spacial score (nSPS) is 14.8. The van der Waals surface area contributed by atoms with Gasteiger partial charge in [0.1, 0.15) is 34.4 Å². The molecule has 5 N–H and O–H groups in total. The predicted molar refractivity (Wildman–Crippen MR) is 211 cm³/mol. The number of aliphatic carboxylic acids is 2. The predicted octanol–water partition coefficient (Wildman–Crippen LogP) is 6.74. The number of carboxylic acids is 2. The first kappa shape index (κ1) is 48.3. The number of carbonyl (C=O) groups excluding carboxylic acids is 1. The maximum atomic E-state index is 15.6. The van der Waals surface area contributed by atoms with Crippen LogP contribution in [0.1, 0.15) is 22.3 Å². The fraction of sp³-hybridized carbons (Fsp3) is 0.225. The van der Waals surface area contributed by atoms with Crippen molar-refractivity contribution in [3.63, 3.8) is 0 Å². The summed E-state index contributed by atoms with van der Waals surface area (Å²) in [5.74, 6) is -6.51. The molecule has 1 amide bonds. The number of halogens is 9. The van der Waals surface area contributed by atoms with Gasteiger partial charge in [0.2, 0.25) is 0 Å². The lowest BCUT2D eigenvalue weighted by Gasteiger charge is -2.27. The van der Waals surface area contributed by atoms with Crippen molar-refractivity contribution in [2.24, 2.45) is 0 Å². The molecule has 0 radical (unpaired) electrons. The fourth-order valence-electron chi connectivity index (χ4n) is 5.76. The number of amides is 1. The van der Waals surface area contributed by atoms with Gasteiger partial charge in [0.25, 0.3) is 11.5 Å². The van der Waals surface area contributed by atoms with Crippen LogP contribution in [-0.2, 0) is 16.1 Å². The number of benzene rings is 3. The van der Waals surface area contributed by atoms with Crippen LogP contribution in [0.5, 0.6) is 17.2 Å². The summed E-state index contributed by atoms with van der Waals surface area (Å²) in [6.07, 6.45) is -8.05. The summed E-state index contributed by atoms with van der Waals surface area (Å²) >= 11 is 0. The van der Waals surface area contributed by atoms with Crippen molar-refractivity contribution in [2.45, 2.75) is 37.5 Å². The van der Waals surface area contributed by atoms with Gasteiger partial charge < -0.3 is 35.6 Å². The summed E-state index contributed by atoms with van der Waals surface area (Å²) in [5.41, 5.74) is 0.662. The Morgan fingerprint density at radius 2 is 1.52 bits per heavy atom. The molecule has 3 aromatic carbocycles. The second-order valence-corrected chi connectivity index (χ2v) is 13.4. The second kappa shape index (κ2) is 20.7. The fourth-order valence-corrected chi connectivity index (χ4v) is 5.76. The molecule has 1 aliphatic rings. The van der Waals surface area contributed by atoms with Crippen LogP contribution in [0.3, 0.4) is 0 Å². The Morgan fingerprint density at radius 3 is 2.11 bits per heavy atom. The molecule has 1 fully saturated rings. The first-order valence-corrected chi connectivity index (χ1v) is 18.5. The summed E-state index contributed by atoms with van der Waals surface area (Å²) in [5, 5.41) is 32.2. The van der Waals surface area contributed by atoms with E-state index in [-0.39, 0.29) is 35.0 Å². The van der Waals surface area contributed by atoms with Crippen molar-refractivity contribution in [2.75, 3.05) is 30.8 Å². The number of pyridine rings is 1. The number of nitrogens with one attached hydrogen (secondary N) is 3. The summed E-state index contributed by atoms with van der Waals surface area (Å²) in [7, 11) is 1.59. The van der Waals surface area contributed by atoms with Gasteiger partial charge in [-0.05, 0) is 73.1 Å². The number of aromatic nitrogens is 5. The molecule has 344 valence electrons. The van der Waals surface area contributed by atoms with Gasteiger partial charge in [0.15, 0.2) is 23.0 Å². The Bertz CT molecular complexity index is 2670. The SMILES string of the molecule is COc1ccc(Cn2nc(N[C@H]3CCNC[C@H]3F)c3c(Oc4ccc(NC(=O)c5ccnn(-c6ccc(F)cc6)c5=O)cc4F)ccnc32)cc1.O=C(O)C(F)(F)F.O=C(O)C(F)(F)F. The molecule has 1 saturated heterocycles. The number of ether oxygens (including phenoxy) is 2. The van der Waals surface area contributed by atoms with Crippen molar-refractivity contribution in [1.29, 1.82) is 0 Å². The molecule has 2 atom stereocenters. The van der Waals surface area contributed by atoms with E-state index in [2.05, 4.69) is 26.0 Å².